The highest BCUT2D eigenvalue weighted by Gasteiger charge is 2.15. The van der Waals surface area contributed by atoms with Crippen LogP contribution in [0.25, 0.3) is 10.8 Å². The molecule has 0 aliphatic rings. The number of carbonyl (C=O) groups excluding carboxylic acids is 1. The molecule has 0 fully saturated rings. The lowest BCUT2D eigenvalue weighted by molar-refractivity contribution is 0.0997. The maximum atomic E-state index is 13.5. The predicted molar refractivity (Wildman–Crippen MR) is 66.6 cm³/mol. The molecule has 0 heterocycles. The number of rotatable bonds is 2. The summed E-state index contributed by atoms with van der Waals surface area (Å²) in [6, 6.07) is 9.89. The Bertz CT molecular complexity index is 549. The van der Waals surface area contributed by atoms with Crippen LogP contribution in [-0.4, -0.2) is 10.6 Å². The summed E-state index contributed by atoms with van der Waals surface area (Å²) < 4.78 is 13.5. The Morgan fingerprint density at radius 1 is 1.19 bits per heavy atom. The molecule has 0 saturated heterocycles. The largest absolute Gasteiger partial charge is 0.293 e. The highest BCUT2D eigenvalue weighted by atomic mass is 79.9. The molecule has 0 aliphatic carbocycles. The first-order valence-corrected chi connectivity index (χ1v) is 5.88. The lowest BCUT2D eigenvalue weighted by Crippen LogP contribution is -2.10. The van der Waals surface area contributed by atoms with Crippen molar-refractivity contribution in [2.24, 2.45) is 0 Å². The number of hydrogen-bond acceptors (Lipinski definition) is 1. The van der Waals surface area contributed by atoms with Gasteiger partial charge in [0.25, 0.3) is 0 Å². The van der Waals surface area contributed by atoms with Crippen LogP contribution >= 0.6 is 15.9 Å². The van der Waals surface area contributed by atoms with Crippen molar-refractivity contribution >= 4 is 32.5 Å². The Morgan fingerprint density at radius 2 is 1.81 bits per heavy atom. The van der Waals surface area contributed by atoms with Crippen LogP contribution in [0.4, 0.5) is 4.39 Å². The summed E-state index contributed by atoms with van der Waals surface area (Å²) in [5.41, 5.74) is 0.557. The number of fused-ring (bicyclic) bond motifs is 1. The zero-order chi connectivity index (χ0) is 11.7. The molecule has 1 nitrogen and oxygen atoms in total. The minimum Gasteiger partial charge on any atom is -0.293 e. The van der Waals surface area contributed by atoms with Crippen LogP contribution < -0.4 is 0 Å². The Kier molecular flexibility index (Phi) is 3.06. The third-order valence-corrected chi connectivity index (χ3v) is 2.91. The maximum Gasteiger partial charge on any atom is 0.176 e. The lowest BCUT2D eigenvalue weighted by atomic mass is 10.00. The SMILES string of the molecule is CC(Br)C(=O)c1cccc2c(F)cccc12. The van der Waals surface area contributed by atoms with Crippen LogP contribution in [0.3, 0.4) is 0 Å². The fourth-order valence-electron chi connectivity index (χ4n) is 1.70. The van der Waals surface area contributed by atoms with Crippen molar-refractivity contribution in [2.75, 3.05) is 0 Å². The van der Waals surface area contributed by atoms with Gasteiger partial charge in [-0.3, -0.25) is 4.79 Å². The molecule has 0 saturated carbocycles. The van der Waals surface area contributed by atoms with Crippen LogP contribution in [0.5, 0.6) is 0 Å². The molecule has 0 aromatic heterocycles. The monoisotopic (exact) mass is 280 g/mol. The second-order valence-corrected chi connectivity index (χ2v) is 4.99. The smallest absolute Gasteiger partial charge is 0.176 e. The van der Waals surface area contributed by atoms with Crippen molar-refractivity contribution in [1.29, 1.82) is 0 Å². The van der Waals surface area contributed by atoms with Crippen molar-refractivity contribution in [3.8, 4) is 0 Å². The first-order valence-electron chi connectivity index (χ1n) is 4.97. The van der Waals surface area contributed by atoms with Gasteiger partial charge in [0.05, 0.1) is 4.83 Å². The number of Topliss-reactive ketones (excluding diaryl/α,β-unsaturated/α-hetero) is 1. The summed E-state index contributed by atoms with van der Waals surface area (Å²) in [6.45, 7) is 1.76. The van der Waals surface area contributed by atoms with E-state index in [2.05, 4.69) is 15.9 Å². The van der Waals surface area contributed by atoms with Gasteiger partial charge in [-0.1, -0.05) is 46.3 Å². The van der Waals surface area contributed by atoms with E-state index < -0.39 is 0 Å². The minimum atomic E-state index is -0.297. The number of alkyl halides is 1. The minimum absolute atomic E-state index is 0.0313. The molecule has 2 rings (SSSR count). The molecule has 0 bridgehead atoms. The van der Waals surface area contributed by atoms with Gasteiger partial charge in [0.2, 0.25) is 0 Å². The molecule has 3 heteroatoms. The second kappa shape index (κ2) is 4.34. The van der Waals surface area contributed by atoms with Gasteiger partial charge < -0.3 is 0 Å². The quantitative estimate of drug-likeness (QED) is 0.602. The van der Waals surface area contributed by atoms with Crippen LogP contribution in [0.1, 0.15) is 17.3 Å². The molecular formula is C13H10BrFO. The van der Waals surface area contributed by atoms with Gasteiger partial charge in [0.1, 0.15) is 5.82 Å². The molecule has 0 amide bonds. The van der Waals surface area contributed by atoms with Crippen molar-refractivity contribution in [2.45, 2.75) is 11.8 Å². The van der Waals surface area contributed by atoms with E-state index in [0.29, 0.717) is 16.3 Å². The molecule has 16 heavy (non-hydrogen) atoms. The molecule has 0 aliphatic heterocycles. The molecule has 2 aromatic rings. The number of benzene rings is 2. The van der Waals surface area contributed by atoms with E-state index in [9.17, 15) is 9.18 Å². The van der Waals surface area contributed by atoms with Gasteiger partial charge in [0.15, 0.2) is 5.78 Å². The fourth-order valence-corrected chi connectivity index (χ4v) is 1.95. The molecule has 2 aromatic carbocycles. The van der Waals surface area contributed by atoms with Crippen molar-refractivity contribution in [3.05, 3.63) is 47.8 Å². The highest BCUT2D eigenvalue weighted by Crippen LogP contribution is 2.23. The van der Waals surface area contributed by atoms with Gasteiger partial charge in [-0.15, -0.1) is 0 Å². The van der Waals surface area contributed by atoms with E-state index >= 15 is 0 Å². The molecule has 0 spiro atoms. The molecule has 1 atom stereocenters. The fraction of sp³-hybridized carbons (Fsp3) is 0.154. The molecule has 82 valence electrons. The molecule has 1 unspecified atom stereocenters. The molecular weight excluding hydrogens is 271 g/mol. The van der Waals surface area contributed by atoms with E-state index in [1.807, 2.05) is 0 Å². The van der Waals surface area contributed by atoms with Gasteiger partial charge in [-0.2, -0.15) is 0 Å². The summed E-state index contributed by atoms with van der Waals surface area (Å²) in [6.07, 6.45) is 0. The Labute approximate surface area is 101 Å². The summed E-state index contributed by atoms with van der Waals surface area (Å²) in [5, 5.41) is 1.15. The second-order valence-electron chi connectivity index (χ2n) is 3.62. The Hall–Kier alpha value is -1.22. The van der Waals surface area contributed by atoms with Crippen LogP contribution in [0.15, 0.2) is 36.4 Å². The number of halogens is 2. The molecule has 0 N–H and O–H groups in total. The normalized spacial score (nSPS) is 12.7. The van der Waals surface area contributed by atoms with Crippen LogP contribution in [0, 0.1) is 5.82 Å². The topological polar surface area (TPSA) is 17.1 Å². The maximum absolute atomic E-state index is 13.5. The van der Waals surface area contributed by atoms with Crippen molar-refractivity contribution in [3.63, 3.8) is 0 Å². The third kappa shape index (κ3) is 1.87. The molecule has 0 radical (unpaired) electrons. The standard InChI is InChI=1S/C13H10BrFO/c1-8(14)13(16)11-6-2-5-10-9(11)4-3-7-12(10)15/h2-8H,1H3. The summed E-state index contributed by atoms with van der Waals surface area (Å²) in [5.74, 6) is -0.328. The summed E-state index contributed by atoms with van der Waals surface area (Å²) in [7, 11) is 0. The van der Waals surface area contributed by atoms with Gasteiger partial charge >= 0.3 is 0 Å². The van der Waals surface area contributed by atoms with E-state index in [0.717, 1.165) is 0 Å². The zero-order valence-electron chi connectivity index (χ0n) is 8.71. The van der Waals surface area contributed by atoms with Gasteiger partial charge in [-0.25, -0.2) is 4.39 Å². The van der Waals surface area contributed by atoms with E-state index in [-0.39, 0.29) is 16.4 Å². The highest BCUT2D eigenvalue weighted by molar-refractivity contribution is 9.10. The Morgan fingerprint density at radius 3 is 2.50 bits per heavy atom. The van der Waals surface area contributed by atoms with E-state index in [4.69, 9.17) is 0 Å². The van der Waals surface area contributed by atoms with Gasteiger partial charge in [0, 0.05) is 10.9 Å². The predicted octanol–water partition coefficient (Wildman–Crippen LogP) is 3.95. The first-order chi connectivity index (χ1) is 7.61. The van der Waals surface area contributed by atoms with Gasteiger partial charge in [-0.05, 0) is 18.4 Å². The van der Waals surface area contributed by atoms with Crippen LogP contribution in [0.2, 0.25) is 0 Å². The Balaban J connectivity index is 2.72. The number of carbonyl (C=O) groups is 1. The lowest BCUT2D eigenvalue weighted by Gasteiger charge is -2.07. The summed E-state index contributed by atoms with van der Waals surface area (Å²) >= 11 is 3.24. The zero-order valence-corrected chi connectivity index (χ0v) is 10.3. The number of hydrogen-bond donors (Lipinski definition) is 0. The van der Waals surface area contributed by atoms with Crippen molar-refractivity contribution < 1.29 is 9.18 Å². The van der Waals surface area contributed by atoms with Crippen molar-refractivity contribution in [1.82, 2.24) is 0 Å². The van der Waals surface area contributed by atoms with Crippen LogP contribution in [-0.2, 0) is 0 Å². The average molecular weight is 281 g/mol. The summed E-state index contributed by atoms with van der Waals surface area (Å²) in [4.78, 5) is 11.6. The van der Waals surface area contributed by atoms with E-state index in [1.54, 1.807) is 37.3 Å². The van der Waals surface area contributed by atoms with E-state index in [1.165, 1.54) is 6.07 Å². The first kappa shape index (κ1) is 11.3. The third-order valence-electron chi connectivity index (χ3n) is 2.50. The number of ketones is 1. The average Bonchev–Trinajstić information content (AvgIpc) is 2.28.